The van der Waals surface area contributed by atoms with Crippen LogP contribution in [0.15, 0.2) is 91.0 Å². The van der Waals surface area contributed by atoms with Crippen LogP contribution < -0.4 is 0 Å². The van der Waals surface area contributed by atoms with Gasteiger partial charge in [0.25, 0.3) is 6.29 Å². The summed E-state index contributed by atoms with van der Waals surface area (Å²) in [5, 5.41) is 2.31. The molecule has 6 heteroatoms. The van der Waals surface area contributed by atoms with E-state index >= 15 is 0 Å². The minimum Gasteiger partial charge on any atom is -0.417 e. The number of fused-ring (bicyclic) bond motifs is 1. The van der Waals surface area contributed by atoms with Gasteiger partial charge in [-0.25, -0.2) is 9.59 Å². The van der Waals surface area contributed by atoms with Gasteiger partial charge in [0.1, 0.15) is 0 Å². The Morgan fingerprint density at radius 2 is 1.23 bits per heavy atom. The Balaban J connectivity index is 1.71. The van der Waals surface area contributed by atoms with Gasteiger partial charge in [0.15, 0.2) is 0 Å². The molecule has 4 aromatic rings. The Hall–Kier alpha value is -3.34. The van der Waals surface area contributed by atoms with Gasteiger partial charge in [-0.3, -0.25) is 0 Å². The second kappa shape index (κ2) is 9.21. The van der Waals surface area contributed by atoms with Gasteiger partial charge in [-0.05, 0) is 41.1 Å². The summed E-state index contributed by atoms with van der Waals surface area (Å²) in [6.07, 6.45) is -1.27. The van der Waals surface area contributed by atoms with E-state index in [-0.39, 0.29) is 5.56 Å². The molecule has 0 heterocycles. The van der Waals surface area contributed by atoms with Crippen molar-refractivity contribution in [3.8, 4) is 0 Å². The Labute approximate surface area is 188 Å². The molecule has 0 radical (unpaired) electrons. The number of hydrogen-bond donors (Lipinski definition) is 0. The zero-order valence-electron chi connectivity index (χ0n) is 16.1. The number of ether oxygens (including phenoxy) is 2. The average molecular weight is 451 g/mol. The third kappa shape index (κ3) is 4.88. The topological polar surface area (TPSA) is 52.6 Å². The van der Waals surface area contributed by atoms with E-state index in [1.807, 2.05) is 36.4 Å². The molecule has 31 heavy (non-hydrogen) atoms. The maximum atomic E-state index is 12.9. The minimum absolute atomic E-state index is 0.151. The van der Waals surface area contributed by atoms with Crippen molar-refractivity contribution in [1.29, 1.82) is 0 Å². The average Bonchev–Trinajstić information content (AvgIpc) is 2.78. The van der Waals surface area contributed by atoms with Crippen LogP contribution in [0.4, 0.5) is 0 Å². The van der Waals surface area contributed by atoms with Gasteiger partial charge < -0.3 is 9.47 Å². The normalized spacial score (nSPS) is 11.7. The van der Waals surface area contributed by atoms with Crippen LogP contribution in [0.25, 0.3) is 10.8 Å². The predicted molar refractivity (Wildman–Crippen MR) is 120 cm³/mol. The molecule has 0 unspecified atom stereocenters. The van der Waals surface area contributed by atoms with Gasteiger partial charge in [-0.2, -0.15) is 0 Å². The second-order valence-electron chi connectivity index (χ2n) is 6.74. The first kappa shape index (κ1) is 20.9. The van der Waals surface area contributed by atoms with E-state index in [2.05, 4.69) is 0 Å². The van der Waals surface area contributed by atoms with Crippen LogP contribution in [0, 0.1) is 0 Å². The Morgan fingerprint density at radius 1 is 0.645 bits per heavy atom. The molecule has 4 nitrogen and oxygen atoms in total. The van der Waals surface area contributed by atoms with E-state index < -0.39 is 18.2 Å². The molecule has 0 aliphatic rings. The van der Waals surface area contributed by atoms with Gasteiger partial charge >= 0.3 is 11.9 Å². The van der Waals surface area contributed by atoms with Crippen molar-refractivity contribution in [3.05, 3.63) is 118 Å². The number of carbonyl (C=O) groups is 2. The second-order valence-corrected chi connectivity index (χ2v) is 7.61. The summed E-state index contributed by atoms with van der Waals surface area (Å²) in [4.78, 5) is 25.6. The molecule has 0 saturated carbocycles. The van der Waals surface area contributed by atoms with Crippen LogP contribution in [0.5, 0.6) is 0 Å². The molecule has 154 valence electrons. The zero-order chi connectivity index (χ0) is 21.8. The fourth-order valence-electron chi connectivity index (χ4n) is 3.18. The Kier molecular flexibility index (Phi) is 6.21. The summed E-state index contributed by atoms with van der Waals surface area (Å²) >= 11 is 12.0. The first-order valence-electron chi connectivity index (χ1n) is 9.42. The lowest BCUT2D eigenvalue weighted by atomic mass is 10.0. The van der Waals surface area contributed by atoms with Crippen molar-refractivity contribution in [2.24, 2.45) is 0 Å². The molecule has 4 rings (SSSR count). The number of rotatable bonds is 5. The highest BCUT2D eigenvalue weighted by Crippen LogP contribution is 2.30. The van der Waals surface area contributed by atoms with Gasteiger partial charge in [0, 0.05) is 15.6 Å². The quantitative estimate of drug-likeness (QED) is 0.246. The standard InChI is InChI=1S/C25H16Cl2O4/c26-19-13-18(14-20(27)15-19)24(29)31-25(30-23(28)17-8-2-1-3-9-17)22-12-6-10-16-7-4-5-11-21(16)22/h1-15,25H/t25-/m0/s1. The maximum Gasteiger partial charge on any atom is 0.341 e. The van der Waals surface area contributed by atoms with Crippen LogP contribution in [0.3, 0.4) is 0 Å². The lowest BCUT2D eigenvalue weighted by Gasteiger charge is -2.20. The van der Waals surface area contributed by atoms with Gasteiger partial charge in [-0.1, -0.05) is 83.9 Å². The molecule has 0 aromatic heterocycles. The fourth-order valence-corrected chi connectivity index (χ4v) is 3.71. The summed E-state index contributed by atoms with van der Waals surface area (Å²) in [6, 6.07) is 25.9. The Bertz CT molecular complexity index is 1230. The lowest BCUT2D eigenvalue weighted by molar-refractivity contribution is -0.0815. The summed E-state index contributed by atoms with van der Waals surface area (Å²) in [5.41, 5.74) is 1.04. The molecule has 0 fully saturated rings. The van der Waals surface area contributed by atoms with Crippen molar-refractivity contribution >= 4 is 45.9 Å². The molecule has 0 N–H and O–H groups in total. The van der Waals surface area contributed by atoms with Crippen LogP contribution in [-0.4, -0.2) is 11.9 Å². The highest BCUT2D eigenvalue weighted by Gasteiger charge is 2.25. The third-order valence-corrected chi connectivity index (χ3v) is 5.05. The van der Waals surface area contributed by atoms with E-state index in [4.69, 9.17) is 32.7 Å². The van der Waals surface area contributed by atoms with Crippen molar-refractivity contribution < 1.29 is 19.1 Å². The maximum absolute atomic E-state index is 12.9. The predicted octanol–water partition coefficient (Wildman–Crippen LogP) is 6.86. The van der Waals surface area contributed by atoms with Crippen molar-refractivity contribution in [2.75, 3.05) is 0 Å². The first-order valence-corrected chi connectivity index (χ1v) is 10.2. The largest absolute Gasteiger partial charge is 0.417 e. The molecule has 0 aliphatic heterocycles. The molecular formula is C25H16Cl2O4. The van der Waals surface area contributed by atoms with Crippen LogP contribution in [-0.2, 0) is 9.47 Å². The molecule has 4 aromatic carbocycles. The van der Waals surface area contributed by atoms with Crippen molar-refractivity contribution in [2.45, 2.75) is 6.29 Å². The van der Waals surface area contributed by atoms with E-state index in [0.29, 0.717) is 21.2 Å². The van der Waals surface area contributed by atoms with Gasteiger partial charge in [0.05, 0.1) is 11.1 Å². The van der Waals surface area contributed by atoms with E-state index in [9.17, 15) is 9.59 Å². The molecule has 0 saturated heterocycles. The third-order valence-electron chi connectivity index (χ3n) is 4.61. The number of hydrogen-bond acceptors (Lipinski definition) is 4. The zero-order valence-corrected chi connectivity index (χ0v) is 17.6. The van der Waals surface area contributed by atoms with Crippen LogP contribution in [0.1, 0.15) is 32.6 Å². The number of halogens is 2. The molecule has 0 bridgehead atoms. The first-order chi connectivity index (χ1) is 15.0. The molecule has 0 spiro atoms. The van der Waals surface area contributed by atoms with Gasteiger partial charge in [-0.15, -0.1) is 0 Å². The molecule has 0 amide bonds. The summed E-state index contributed by atoms with van der Waals surface area (Å²) in [5.74, 6) is -1.33. The molecular weight excluding hydrogens is 435 g/mol. The smallest absolute Gasteiger partial charge is 0.341 e. The SMILES string of the molecule is O=C(O[C@@H](OC(=O)c1cc(Cl)cc(Cl)c1)c1cccc2ccccc12)c1ccccc1. The monoisotopic (exact) mass is 450 g/mol. The van der Waals surface area contributed by atoms with E-state index in [1.54, 1.807) is 36.4 Å². The number of benzene rings is 4. The van der Waals surface area contributed by atoms with Crippen molar-refractivity contribution in [1.82, 2.24) is 0 Å². The Morgan fingerprint density at radius 3 is 1.94 bits per heavy atom. The van der Waals surface area contributed by atoms with Crippen molar-refractivity contribution in [3.63, 3.8) is 0 Å². The number of carbonyl (C=O) groups excluding carboxylic acids is 2. The van der Waals surface area contributed by atoms with Gasteiger partial charge in [0.2, 0.25) is 0 Å². The summed E-state index contributed by atoms with van der Waals surface area (Å²) < 4.78 is 11.3. The van der Waals surface area contributed by atoms with Crippen LogP contribution in [0.2, 0.25) is 10.0 Å². The highest BCUT2D eigenvalue weighted by atomic mass is 35.5. The lowest BCUT2D eigenvalue weighted by Crippen LogP contribution is -2.19. The van der Waals surface area contributed by atoms with Crippen LogP contribution >= 0.6 is 23.2 Å². The number of esters is 2. The molecule has 0 aliphatic carbocycles. The fraction of sp³-hybridized carbons (Fsp3) is 0.0400. The highest BCUT2D eigenvalue weighted by molar-refractivity contribution is 6.35. The van der Waals surface area contributed by atoms with E-state index in [0.717, 1.165) is 10.8 Å². The summed E-state index contributed by atoms with van der Waals surface area (Å²) in [6.45, 7) is 0. The van der Waals surface area contributed by atoms with E-state index in [1.165, 1.54) is 18.2 Å². The summed E-state index contributed by atoms with van der Waals surface area (Å²) in [7, 11) is 0. The minimum atomic E-state index is -1.27. The molecule has 1 atom stereocenters.